The second-order valence-corrected chi connectivity index (χ2v) is 11.1. The zero-order chi connectivity index (χ0) is 23.4. The van der Waals surface area contributed by atoms with Gasteiger partial charge in [-0.3, -0.25) is 9.80 Å². The second-order valence-electron chi connectivity index (χ2n) is 9.51. The van der Waals surface area contributed by atoms with E-state index in [-0.39, 0.29) is 0 Å². The Labute approximate surface area is 188 Å². The van der Waals surface area contributed by atoms with Crippen LogP contribution in [0.2, 0.25) is 0 Å². The predicted molar refractivity (Wildman–Crippen MR) is 92.8 cm³/mol. The Morgan fingerprint density at radius 3 is 1.90 bits per heavy atom. The number of fused-ring (bicyclic) bond motifs is 6. The first-order chi connectivity index (χ1) is 14.2. The van der Waals surface area contributed by atoms with Gasteiger partial charge in [-0.15, -0.1) is 0 Å². The van der Waals surface area contributed by atoms with Gasteiger partial charge < -0.3 is 0 Å². The molecule has 4 aliphatic heterocycles. The van der Waals surface area contributed by atoms with Gasteiger partial charge in [-0.1, -0.05) is 26.7 Å². The van der Waals surface area contributed by atoms with Crippen LogP contribution in [0.1, 0.15) is 65.2 Å². The van der Waals surface area contributed by atoms with Crippen LogP contribution in [0, 0.1) is 38.2 Å². The normalized spacial score (nSPS) is 34.0. The quantitative estimate of drug-likeness (QED) is 0.381. The van der Waals surface area contributed by atoms with E-state index in [0.29, 0.717) is 0 Å². The molecular formula is C19H36Cl2N2O8. The maximum absolute atomic E-state index is 8.60. The largest absolute Gasteiger partial charge is 0.300 e. The molecule has 2 bridgehead atoms. The third-order valence-electron chi connectivity index (χ3n) is 6.97. The number of hydrogen-bond donors (Lipinski definition) is 2. The van der Waals surface area contributed by atoms with Crippen LogP contribution in [-0.2, 0) is 0 Å². The number of piperidine rings is 4. The highest BCUT2D eigenvalue weighted by atomic mass is 35.7. The van der Waals surface area contributed by atoms with Crippen molar-refractivity contribution in [3.8, 4) is 0 Å². The van der Waals surface area contributed by atoms with Crippen molar-refractivity contribution in [2.75, 3.05) is 19.6 Å². The number of nitrogens with zero attached hydrogens (tertiary/aromatic N) is 2. The highest BCUT2D eigenvalue weighted by Crippen LogP contribution is 2.47. The molecule has 184 valence electrons. The van der Waals surface area contributed by atoms with E-state index in [9.17, 15) is 0 Å². The predicted octanol–water partition coefficient (Wildman–Crippen LogP) is -4.49. The van der Waals surface area contributed by atoms with Gasteiger partial charge >= 0.3 is 0 Å². The lowest BCUT2D eigenvalue weighted by molar-refractivity contribution is -1.92. The van der Waals surface area contributed by atoms with E-state index in [2.05, 4.69) is 23.6 Å². The molecule has 0 aromatic rings. The van der Waals surface area contributed by atoms with Crippen molar-refractivity contribution in [3.63, 3.8) is 0 Å². The highest BCUT2D eigenvalue weighted by Gasteiger charge is 2.51. The van der Waals surface area contributed by atoms with E-state index in [1.54, 1.807) is 6.42 Å². The molecule has 0 spiro atoms. The van der Waals surface area contributed by atoms with Crippen LogP contribution in [-0.4, -0.2) is 56.9 Å². The smallest absolute Gasteiger partial charge is 0.0777 e. The van der Waals surface area contributed by atoms with Gasteiger partial charge in [0.05, 0.1) is 29.8 Å². The van der Waals surface area contributed by atoms with Gasteiger partial charge in [0.1, 0.15) is 0 Å². The van der Waals surface area contributed by atoms with Crippen molar-refractivity contribution in [3.05, 3.63) is 0 Å². The summed E-state index contributed by atoms with van der Waals surface area (Å²) in [7, 11) is -9.39. The van der Waals surface area contributed by atoms with Crippen LogP contribution >= 0.6 is 0 Å². The minimum Gasteiger partial charge on any atom is -0.300 e. The molecule has 0 saturated carbocycles. The van der Waals surface area contributed by atoms with E-state index < -0.39 is 20.5 Å². The number of hydrogen-bond acceptors (Lipinski definition) is 10. The monoisotopic (exact) mass is 490 g/mol. The highest BCUT2D eigenvalue weighted by molar-refractivity contribution is 5.05. The van der Waals surface area contributed by atoms with Crippen molar-refractivity contribution in [1.29, 1.82) is 0 Å². The fraction of sp³-hybridized carbons (Fsp3) is 1.00. The Morgan fingerprint density at radius 2 is 1.35 bits per heavy atom. The van der Waals surface area contributed by atoms with Crippen LogP contribution < -0.4 is 28.0 Å². The van der Waals surface area contributed by atoms with E-state index in [0.717, 1.165) is 35.9 Å². The van der Waals surface area contributed by atoms with Gasteiger partial charge in [-0.25, -0.2) is 0 Å². The summed E-state index contributed by atoms with van der Waals surface area (Å²) in [6.45, 7) is 9.11. The van der Waals surface area contributed by atoms with Gasteiger partial charge in [0.15, 0.2) is 0 Å². The summed E-state index contributed by atoms with van der Waals surface area (Å²) in [5, 5.41) is 0. The summed E-state index contributed by atoms with van der Waals surface area (Å²) in [6.07, 6.45) is 11.9. The summed E-state index contributed by atoms with van der Waals surface area (Å²) in [5.74, 6) is 2.84. The van der Waals surface area contributed by atoms with Crippen LogP contribution in [0.5, 0.6) is 0 Å². The van der Waals surface area contributed by atoms with Crippen LogP contribution in [0.25, 0.3) is 0 Å². The minimum absolute atomic E-state index is 0.855. The lowest BCUT2D eigenvalue weighted by atomic mass is 9.66. The minimum atomic E-state index is -4.69. The molecule has 2 N–H and O–H groups in total. The topological polar surface area (TPSA) is 185 Å². The number of rotatable bonds is 2. The van der Waals surface area contributed by atoms with Crippen molar-refractivity contribution in [2.45, 2.75) is 83.3 Å². The number of halogens is 2. The van der Waals surface area contributed by atoms with Crippen LogP contribution in [0.15, 0.2) is 0 Å². The molecule has 1 unspecified atom stereocenters. The molecule has 31 heavy (non-hydrogen) atoms. The Bertz CT molecular complexity index is 520. The first-order valence-corrected chi connectivity index (χ1v) is 13.5. The summed E-state index contributed by atoms with van der Waals surface area (Å²) in [5.41, 5.74) is 0. The molecule has 4 fully saturated rings. The molecule has 10 nitrogen and oxygen atoms in total. The first-order valence-electron chi connectivity index (χ1n) is 11.0. The third-order valence-corrected chi connectivity index (χ3v) is 6.97. The maximum Gasteiger partial charge on any atom is 0.0777 e. The van der Waals surface area contributed by atoms with Gasteiger partial charge in [0.2, 0.25) is 0 Å². The second kappa shape index (κ2) is 11.5. The maximum atomic E-state index is 8.60. The van der Waals surface area contributed by atoms with Gasteiger partial charge in [-0.2, -0.15) is 28.0 Å². The lowest BCUT2D eigenvalue weighted by Crippen LogP contribution is -2.67. The third kappa shape index (κ3) is 9.52. The first kappa shape index (κ1) is 27.4. The zero-order valence-corrected chi connectivity index (χ0v) is 19.7. The molecule has 0 aromatic heterocycles. The van der Waals surface area contributed by atoms with Gasteiger partial charge in [-0.05, 0) is 69.4 Å². The molecule has 4 saturated heterocycles. The van der Waals surface area contributed by atoms with Crippen molar-refractivity contribution in [2.24, 2.45) is 17.8 Å². The van der Waals surface area contributed by atoms with E-state index in [4.69, 9.17) is 37.3 Å². The van der Waals surface area contributed by atoms with E-state index in [1.165, 1.54) is 64.6 Å². The Hall–Kier alpha value is 0.180. The fourth-order valence-corrected chi connectivity index (χ4v) is 6.24. The van der Waals surface area contributed by atoms with Crippen molar-refractivity contribution >= 4 is 0 Å². The average Bonchev–Trinajstić information content (AvgIpc) is 2.62. The van der Waals surface area contributed by atoms with Gasteiger partial charge in [0, 0.05) is 24.7 Å². The molecule has 0 aliphatic carbocycles. The summed E-state index contributed by atoms with van der Waals surface area (Å²) in [6, 6.07) is 2.76. The van der Waals surface area contributed by atoms with E-state index in [1.807, 2.05) is 0 Å². The summed E-state index contributed by atoms with van der Waals surface area (Å²) < 4.78 is 65.4. The molecule has 0 amide bonds. The molecular weight excluding hydrogens is 455 g/mol. The molecule has 0 radical (unpaired) electrons. The Kier molecular flexibility index (Phi) is 10.2. The molecule has 5 atom stereocenters. The molecule has 4 heterocycles. The lowest BCUT2D eigenvalue weighted by Gasteiger charge is -2.61. The average molecular weight is 491 g/mol. The molecule has 4 aliphatic rings. The van der Waals surface area contributed by atoms with Crippen molar-refractivity contribution in [1.82, 2.24) is 9.80 Å². The van der Waals surface area contributed by atoms with Gasteiger partial charge in [0.25, 0.3) is 0 Å². The Morgan fingerprint density at radius 1 is 0.839 bits per heavy atom. The zero-order valence-electron chi connectivity index (χ0n) is 18.2. The molecule has 12 heteroatoms. The SMILES string of the molecule is CC(C)CC1[C@@H]2C[C@@H](CN3CCCC[C@H]23)[C@@H]2CCCCN12.[O-][Cl+3]([O-])([O-])O.[O-][Cl+3]([O-])([O-])O. The fourth-order valence-electron chi connectivity index (χ4n) is 6.24. The Balaban J connectivity index is 0.000000289. The standard InChI is InChI=1S/C19H34N2.2ClHO4/c1-14(2)11-19-16-12-15(17-7-4-6-10-21(17)19)13-20-9-5-3-8-18(16)20;2*2-1(3,4)5/h14-19H,3-13H2,1-2H3;2*(H,2,3,4,5)/t15-,16+,17-,18+,19?;;/m0../s1. The van der Waals surface area contributed by atoms with E-state index >= 15 is 0 Å². The summed E-state index contributed by atoms with van der Waals surface area (Å²) in [4.78, 5) is 5.93. The molecule has 0 aromatic carbocycles. The van der Waals surface area contributed by atoms with Crippen LogP contribution in [0.3, 0.4) is 0 Å². The van der Waals surface area contributed by atoms with Crippen molar-refractivity contribution < 1.29 is 57.8 Å². The molecule has 4 rings (SSSR count). The summed E-state index contributed by atoms with van der Waals surface area (Å²) >= 11 is 0. The van der Waals surface area contributed by atoms with Crippen LogP contribution in [0.4, 0.5) is 0 Å².